The van der Waals surface area contributed by atoms with Gasteiger partial charge < -0.3 is 28.3 Å². The summed E-state index contributed by atoms with van der Waals surface area (Å²) in [6, 6.07) is 11.6. The number of hydrogen-bond donors (Lipinski definition) is 1. The molecular formula is C27H31N3O6. The molecule has 190 valence electrons. The zero-order valence-electron chi connectivity index (χ0n) is 21.8. The van der Waals surface area contributed by atoms with E-state index in [0.29, 0.717) is 28.7 Å². The van der Waals surface area contributed by atoms with Crippen molar-refractivity contribution in [1.82, 2.24) is 9.55 Å². The van der Waals surface area contributed by atoms with Gasteiger partial charge in [0.15, 0.2) is 11.5 Å². The Kier molecular flexibility index (Phi) is 6.58. The van der Waals surface area contributed by atoms with Crippen LogP contribution in [-0.4, -0.2) is 49.7 Å². The van der Waals surface area contributed by atoms with Gasteiger partial charge in [0, 0.05) is 18.0 Å². The van der Waals surface area contributed by atoms with E-state index >= 15 is 0 Å². The Balaban J connectivity index is 2.07. The first-order valence-electron chi connectivity index (χ1n) is 11.4. The van der Waals surface area contributed by atoms with Crippen LogP contribution in [-0.2, 0) is 11.8 Å². The van der Waals surface area contributed by atoms with Crippen molar-refractivity contribution >= 4 is 33.8 Å². The van der Waals surface area contributed by atoms with Crippen LogP contribution in [0, 0.1) is 0 Å². The van der Waals surface area contributed by atoms with Crippen LogP contribution in [0.25, 0.3) is 32.9 Å². The van der Waals surface area contributed by atoms with Gasteiger partial charge in [-0.1, -0.05) is 12.1 Å². The molecule has 1 heterocycles. The first kappa shape index (κ1) is 25.0. The van der Waals surface area contributed by atoms with Crippen molar-refractivity contribution in [1.29, 1.82) is 0 Å². The minimum absolute atomic E-state index is 0.349. The lowest BCUT2D eigenvalue weighted by atomic mass is 9.95. The number of methoxy groups -OCH3 is 4. The second kappa shape index (κ2) is 9.49. The number of rotatable bonds is 6. The number of anilines is 1. The number of aromatic nitrogens is 2. The first-order valence-corrected chi connectivity index (χ1v) is 11.4. The van der Waals surface area contributed by atoms with Crippen LogP contribution in [0.1, 0.15) is 20.8 Å². The van der Waals surface area contributed by atoms with Gasteiger partial charge in [-0.2, -0.15) is 0 Å². The molecule has 0 aliphatic heterocycles. The molecule has 0 radical (unpaired) electrons. The smallest absolute Gasteiger partial charge is 0.414 e. The molecule has 0 unspecified atom stereocenters. The second-order valence-corrected chi connectivity index (χ2v) is 9.21. The van der Waals surface area contributed by atoms with Crippen molar-refractivity contribution in [3.8, 4) is 34.1 Å². The molecule has 0 aliphatic carbocycles. The van der Waals surface area contributed by atoms with E-state index in [4.69, 9.17) is 28.7 Å². The number of imidazole rings is 1. The van der Waals surface area contributed by atoms with Gasteiger partial charge in [0.1, 0.15) is 11.4 Å². The number of benzene rings is 3. The molecule has 0 saturated carbocycles. The molecule has 0 spiro atoms. The molecule has 1 N–H and O–H groups in total. The molecule has 1 aromatic heterocycles. The van der Waals surface area contributed by atoms with E-state index in [0.717, 1.165) is 33.2 Å². The standard InChI is InChI=1S/C27H31N3O6/c1-27(2,3)36-26(31)29-25-28-22-18(30(25)4)13-16-14-19(33-6)23(34-7)24(35-8)21(16)20(22)15-9-11-17(32-5)12-10-15/h9-14H,1-8H3,(H,28,29,31). The molecule has 0 bridgehead atoms. The summed E-state index contributed by atoms with van der Waals surface area (Å²) in [4.78, 5) is 17.3. The number of aryl methyl sites for hydroxylation is 1. The highest BCUT2D eigenvalue weighted by molar-refractivity contribution is 6.15. The van der Waals surface area contributed by atoms with Crippen LogP contribution >= 0.6 is 0 Å². The van der Waals surface area contributed by atoms with E-state index in [-0.39, 0.29) is 0 Å². The van der Waals surface area contributed by atoms with Gasteiger partial charge >= 0.3 is 6.09 Å². The quantitative estimate of drug-likeness (QED) is 0.364. The van der Waals surface area contributed by atoms with Crippen molar-refractivity contribution < 1.29 is 28.5 Å². The first-order chi connectivity index (χ1) is 17.1. The SMILES string of the molecule is COc1ccc(-c2c3nc(NC(=O)OC(C)(C)C)n(C)c3cc3cc(OC)c(OC)c(OC)c23)cc1. The van der Waals surface area contributed by atoms with Gasteiger partial charge in [-0.05, 0) is 56.0 Å². The Morgan fingerprint density at radius 1 is 0.917 bits per heavy atom. The number of nitrogens with one attached hydrogen (secondary N) is 1. The Hall–Kier alpha value is -4.14. The highest BCUT2D eigenvalue weighted by atomic mass is 16.6. The van der Waals surface area contributed by atoms with Crippen LogP contribution in [0.4, 0.5) is 10.7 Å². The minimum atomic E-state index is -0.641. The van der Waals surface area contributed by atoms with Crippen LogP contribution in [0.2, 0.25) is 0 Å². The summed E-state index contributed by atoms with van der Waals surface area (Å²) in [6.45, 7) is 5.43. The van der Waals surface area contributed by atoms with Gasteiger partial charge in [-0.3, -0.25) is 5.32 Å². The Morgan fingerprint density at radius 2 is 1.58 bits per heavy atom. The molecule has 1 amide bonds. The second-order valence-electron chi connectivity index (χ2n) is 9.21. The maximum Gasteiger partial charge on any atom is 0.414 e. The zero-order chi connectivity index (χ0) is 26.2. The third-order valence-corrected chi connectivity index (χ3v) is 5.77. The van der Waals surface area contributed by atoms with Gasteiger partial charge in [0.25, 0.3) is 0 Å². The molecule has 0 atom stereocenters. The molecule has 36 heavy (non-hydrogen) atoms. The predicted octanol–water partition coefficient (Wildman–Crippen LogP) is 5.77. The van der Waals surface area contributed by atoms with E-state index in [1.54, 1.807) is 28.4 Å². The fourth-order valence-electron chi connectivity index (χ4n) is 4.22. The van der Waals surface area contributed by atoms with E-state index in [2.05, 4.69) is 5.32 Å². The van der Waals surface area contributed by atoms with Gasteiger partial charge in [-0.15, -0.1) is 0 Å². The average Bonchev–Trinajstić information content (AvgIpc) is 3.14. The summed E-state index contributed by atoms with van der Waals surface area (Å²) in [5.74, 6) is 2.62. The van der Waals surface area contributed by atoms with E-state index in [1.165, 1.54) is 0 Å². The zero-order valence-corrected chi connectivity index (χ0v) is 21.8. The fourth-order valence-corrected chi connectivity index (χ4v) is 4.22. The summed E-state index contributed by atoms with van der Waals surface area (Å²) < 4.78 is 29.7. The van der Waals surface area contributed by atoms with Gasteiger partial charge in [0.2, 0.25) is 11.7 Å². The normalized spacial score (nSPS) is 11.4. The average molecular weight is 494 g/mol. The van der Waals surface area contributed by atoms with E-state index in [1.807, 2.05) is 68.8 Å². The number of hydrogen-bond acceptors (Lipinski definition) is 7. The van der Waals surface area contributed by atoms with Crippen molar-refractivity contribution in [3.63, 3.8) is 0 Å². The Bertz CT molecular complexity index is 1430. The summed E-state index contributed by atoms with van der Waals surface area (Å²) >= 11 is 0. The number of ether oxygens (including phenoxy) is 5. The van der Waals surface area contributed by atoms with Gasteiger partial charge in [-0.25, -0.2) is 9.78 Å². The Labute approximate surface area is 209 Å². The van der Waals surface area contributed by atoms with E-state index in [9.17, 15) is 4.79 Å². The summed E-state index contributed by atoms with van der Waals surface area (Å²) in [5.41, 5.74) is 2.54. The molecule has 0 fully saturated rings. The number of carbonyl (C=O) groups excluding carboxylic acids is 1. The maximum atomic E-state index is 12.5. The van der Waals surface area contributed by atoms with Crippen molar-refractivity contribution in [2.45, 2.75) is 26.4 Å². The molecule has 4 rings (SSSR count). The molecule has 9 heteroatoms. The molecule has 9 nitrogen and oxygen atoms in total. The number of fused-ring (bicyclic) bond motifs is 2. The van der Waals surface area contributed by atoms with Crippen molar-refractivity contribution in [3.05, 3.63) is 36.4 Å². The van der Waals surface area contributed by atoms with Crippen LogP contribution in [0.3, 0.4) is 0 Å². The summed E-state index contributed by atoms with van der Waals surface area (Å²) in [6.07, 6.45) is -0.586. The number of carbonyl (C=O) groups is 1. The number of amides is 1. The third kappa shape index (κ3) is 4.44. The highest BCUT2D eigenvalue weighted by Crippen LogP contribution is 2.49. The fraction of sp³-hybridized carbons (Fsp3) is 0.333. The topological polar surface area (TPSA) is 93.1 Å². The number of nitrogens with zero attached hydrogens (tertiary/aromatic N) is 2. The molecule has 4 aromatic rings. The van der Waals surface area contributed by atoms with Crippen LogP contribution in [0.15, 0.2) is 36.4 Å². The monoisotopic (exact) mass is 493 g/mol. The summed E-state index contributed by atoms with van der Waals surface area (Å²) in [5, 5.41) is 4.43. The predicted molar refractivity (Wildman–Crippen MR) is 140 cm³/mol. The minimum Gasteiger partial charge on any atom is -0.497 e. The molecule has 3 aromatic carbocycles. The largest absolute Gasteiger partial charge is 0.497 e. The molecule has 0 aliphatic rings. The van der Waals surface area contributed by atoms with Crippen LogP contribution in [0.5, 0.6) is 23.0 Å². The lowest BCUT2D eigenvalue weighted by Gasteiger charge is -2.19. The van der Waals surface area contributed by atoms with Crippen molar-refractivity contribution in [2.24, 2.45) is 7.05 Å². The van der Waals surface area contributed by atoms with Gasteiger partial charge in [0.05, 0.1) is 39.5 Å². The van der Waals surface area contributed by atoms with Crippen LogP contribution < -0.4 is 24.3 Å². The lowest BCUT2D eigenvalue weighted by Crippen LogP contribution is -2.28. The third-order valence-electron chi connectivity index (χ3n) is 5.77. The van der Waals surface area contributed by atoms with E-state index < -0.39 is 11.7 Å². The maximum absolute atomic E-state index is 12.5. The Morgan fingerprint density at radius 3 is 2.14 bits per heavy atom. The molecule has 0 saturated heterocycles. The summed E-state index contributed by atoms with van der Waals surface area (Å²) in [7, 11) is 8.20. The lowest BCUT2D eigenvalue weighted by molar-refractivity contribution is 0.0634. The van der Waals surface area contributed by atoms with Crippen molar-refractivity contribution in [2.75, 3.05) is 33.8 Å². The molecular weight excluding hydrogens is 462 g/mol. The highest BCUT2D eigenvalue weighted by Gasteiger charge is 2.25.